The summed E-state index contributed by atoms with van der Waals surface area (Å²) in [5, 5.41) is 9.26. The van der Waals surface area contributed by atoms with E-state index in [0.29, 0.717) is 0 Å². The van der Waals surface area contributed by atoms with Gasteiger partial charge in [-0.25, -0.2) is 0 Å². The van der Waals surface area contributed by atoms with Crippen LogP contribution in [0, 0.1) is 0 Å². The molecule has 0 spiro atoms. The Morgan fingerprint density at radius 1 is 1.21 bits per heavy atom. The van der Waals surface area contributed by atoms with Gasteiger partial charge in [-0.3, -0.25) is 0 Å². The predicted octanol–water partition coefficient (Wildman–Crippen LogP) is 1.89. The van der Waals surface area contributed by atoms with Gasteiger partial charge in [0.05, 0.1) is 19.9 Å². The first kappa shape index (κ1) is 13.8. The van der Waals surface area contributed by atoms with Crippen molar-refractivity contribution in [2.45, 2.75) is 13.0 Å². The van der Waals surface area contributed by atoms with Crippen LogP contribution in [0.5, 0.6) is 11.5 Å². The van der Waals surface area contributed by atoms with Crippen molar-refractivity contribution in [3.8, 4) is 11.5 Å². The molecule has 6 heteroatoms. The molecule has 1 heterocycles. The van der Waals surface area contributed by atoms with E-state index in [0.717, 1.165) is 36.7 Å². The second kappa shape index (κ2) is 7.06. The van der Waals surface area contributed by atoms with Crippen molar-refractivity contribution in [3.05, 3.63) is 34.8 Å². The van der Waals surface area contributed by atoms with Crippen LogP contribution >= 0.6 is 11.5 Å². The summed E-state index contributed by atoms with van der Waals surface area (Å²) in [5.41, 5.74) is 2.19. The molecule has 0 amide bonds. The molecular weight excluding hydrogens is 262 g/mol. The zero-order chi connectivity index (χ0) is 13.5. The van der Waals surface area contributed by atoms with Gasteiger partial charge < -0.3 is 14.8 Å². The molecule has 1 aromatic carbocycles. The molecule has 0 atom stereocenters. The van der Waals surface area contributed by atoms with Gasteiger partial charge in [-0.1, -0.05) is 10.6 Å². The number of ether oxygens (including phenoxy) is 2. The Balaban J connectivity index is 1.82. The van der Waals surface area contributed by atoms with Crippen LogP contribution in [0.4, 0.5) is 0 Å². The summed E-state index contributed by atoms with van der Waals surface area (Å²) in [6, 6.07) is 5.98. The molecule has 5 nitrogen and oxygen atoms in total. The lowest BCUT2D eigenvalue weighted by atomic mass is 10.1. The average Bonchev–Trinajstić information content (AvgIpc) is 2.96. The maximum atomic E-state index is 5.28. The van der Waals surface area contributed by atoms with Crippen molar-refractivity contribution < 1.29 is 9.47 Å². The smallest absolute Gasteiger partial charge is 0.160 e. The van der Waals surface area contributed by atoms with Gasteiger partial charge >= 0.3 is 0 Å². The SMILES string of the molecule is COc1ccc(CCNCc2csnn2)cc1OC. The minimum absolute atomic E-state index is 0.754. The molecule has 2 rings (SSSR count). The molecule has 0 aliphatic heterocycles. The van der Waals surface area contributed by atoms with Gasteiger partial charge in [0.25, 0.3) is 0 Å². The van der Waals surface area contributed by atoms with Crippen LogP contribution in [0.3, 0.4) is 0 Å². The number of nitrogens with zero attached hydrogens (tertiary/aromatic N) is 2. The van der Waals surface area contributed by atoms with Crippen molar-refractivity contribution in [2.75, 3.05) is 20.8 Å². The number of benzene rings is 1. The average molecular weight is 279 g/mol. The van der Waals surface area contributed by atoms with E-state index in [-0.39, 0.29) is 0 Å². The molecule has 0 aliphatic rings. The maximum Gasteiger partial charge on any atom is 0.160 e. The van der Waals surface area contributed by atoms with Crippen molar-refractivity contribution in [3.63, 3.8) is 0 Å². The highest BCUT2D eigenvalue weighted by Gasteiger charge is 2.04. The summed E-state index contributed by atoms with van der Waals surface area (Å²) < 4.78 is 14.3. The van der Waals surface area contributed by atoms with E-state index >= 15 is 0 Å². The monoisotopic (exact) mass is 279 g/mol. The van der Waals surface area contributed by atoms with Crippen molar-refractivity contribution in [1.29, 1.82) is 0 Å². The number of nitrogens with one attached hydrogen (secondary N) is 1. The van der Waals surface area contributed by atoms with Gasteiger partial charge in [0.1, 0.15) is 0 Å². The molecule has 0 fully saturated rings. The highest BCUT2D eigenvalue weighted by Crippen LogP contribution is 2.27. The topological polar surface area (TPSA) is 56.3 Å². The van der Waals surface area contributed by atoms with Gasteiger partial charge in [0.2, 0.25) is 0 Å². The Kier molecular flexibility index (Phi) is 5.11. The summed E-state index contributed by atoms with van der Waals surface area (Å²) in [6.45, 7) is 1.64. The van der Waals surface area contributed by atoms with Gasteiger partial charge in [0.15, 0.2) is 11.5 Å². The van der Waals surface area contributed by atoms with E-state index in [2.05, 4.69) is 14.9 Å². The van der Waals surface area contributed by atoms with E-state index in [1.807, 2.05) is 23.6 Å². The molecule has 0 unspecified atom stereocenters. The Morgan fingerprint density at radius 3 is 2.74 bits per heavy atom. The molecule has 0 saturated carbocycles. The Bertz CT molecular complexity index is 503. The van der Waals surface area contributed by atoms with Gasteiger partial charge in [0, 0.05) is 11.9 Å². The number of hydrogen-bond acceptors (Lipinski definition) is 6. The van der Waals surface area contributed by atoms with Gasteiger partial charge in [-0.05, 0) is 42.2 Å². The fourth-order valence-corrected chi connectivity index (χ4v) is 2.20. The highest BCUT2D eigenvalue weighted by atomic mass is 32.1. The lowest BCUT2D eigenvalue weighted by Crippen LogP contribution is -2.16. The number of rotatable bonds is 7. The molecule has 0 aliphatic carbocycles. The first-order valence-corrected chi connectivity index (χ1v) is 6.84. The van der Waals surface area contributed by atoms with Gasteiger partial charge in [-0.15, -0.1) is 5.10 Å². The van der Waals surface area contributed by atoms with E-state index in [4.69, 9.17) is 9.47 Å². The van der Waals surface area contributed by atoms with Crippen LogP contribution < -0.4 is 14.8 Å². The molecule has 1 aromatic heterocycles. The molecule has 19 heavy (non-hydrogen) atoms. The third-order valence-electron chi connectivity index (χ3n) is 2.75. The number of aromatic nitrogens is 2. The summed E-state index contributed by atoms with van der Waals surface area (Å²) in [7, 11) is 3.29. The van der Waals surface area contributed by atoms with Gasteiger partial charge in [-0.2, -0.15) is 0 Å². The molecule has 0 saturated heterocycles. The Morgan fingerprint density at radius 2 is 2.05 bits per heavy atom. The van der Waals surface area contributed by atoms with Crippen LogP contribution in [0.25, 0.3) is 0 Å². The fourth-order valence-electron chi connectivity index (χ4n) is 1.75. The highest BCUT2D eigenvalue weighted by molar-refractivity contribution is 7.03. The predicted molar refractivity (Wildman–Crippen MR) is 74.9 cm³/mol. The molecule has 1 N–H and O–H groups in total. The second-order valence-electron chi connectivity index (χ2n) is 4.01. The molecule has 0 bridgehead atoms. The van der Waals surface area contributed by atoms with Crippen molar-refractivity contribution >= 4 is 11.5 Å². The normalized spacial score (nSPS) is 10.4. The van der Waals surface area contributed by atoms with Crippen LogP contribution in [0.1, 0.15) is 11.3 Å². The summed E-state index contributed by atoms with van der Waals surface area (Å²) in [5.74, 6) is 1.52. The number of methoxy groups -OCH3 is 2. The van der Waals surface area contributed by atoms with E-state index in [9.17, 15) is 0 Å². The fraction of sp³-hybridized carbons (Fsp3) is 0.385. The van der Waals surface area contributed by atoms with E-state index in [1.165, 1.54) is 17.1 Å². The van der Waals surface area contributed by atoms with Crippen LogP contribution in [-0.2, 0) is 13.0 Å². The summed E-state index contributed by atoms with van der Waals surface area (Å²) >= 11 is 1.37. The molecule has 102 valence electrons. The van der Waals surface area contributed by atoms with Crippen LogP contribution in [-0.4, -0.2) is 30.4 Å². The largest absolute Gasteiger partial charge is 0.493 e. The van der Waals surface area contributed by atoms with E-state index in [1.54, 1.807) is 14.2 Å². The second-order valence-corrected chi connectivity index (χ2v) is 4.62. The van der Waals surface area contributed by atoms with Crippen molar-refractivity contribution in [1.82, 2.24) is 14.9 Å². The first-order chi connectivity index (χ1) is 9.33. The third-order valence-corrected chi connectivity index (χ3v) is 3.30. The third kappa shape index (κ3) is 3.90. The molecular formula is C13H17N3O2S. The quantitative estimate of drug-likeness (QED) is 0.784. The van der Waals surface area contributed by atoms with E-state index < -0.39 is 0 Å². The molecule has 2 aromatic rings. The zero-order valence-electron chi connectivity index (χ0n) is 11.0. The molecule has 0 radical (unpaired) electrons. The minimum Gasteiger partial charge on any atom is -0.493 e. The van der Waals surface area contributed by atoms with Crippen LogP contribution in [0.2, 0.25) is 0 Å². The standard InChI is InChI=1S/C13H17N3O2S/c1-17-12-4-3-10(7-13(12)18-2)5-6-14-8-11-9-19-16-15-11/h3-4,7,9,14H,5-6,8H2,1-2H3. The lowest BCUT2D eigenvalue weighted by molar-refractivity contribution is 0.354. The maximum absolute atomic E-state index is 5.28. The zero-order valence-corrected chi connectivity index (χ0v) is 11.9. The Hall–Kier alpha value is -1.66. The van der Waals surface area contributed by atoms with Crippen molar-refractivity contribution in [2.24, 2.45) is 0 Å². The lowest BCUT2D eigenvalue weighted by Gasteiger charge is -2.09. The summed E-state index contributed by atoms with van der Waals surface area (Å²) in [4.78, 5) is 0. The Labute approximate surface area is 116 Å². The van der Waals surface area contributed by atoms with Crippen LogP contribution in [0.15, 0.2) is 23.6 Å². The summed E-state index contributed by atoms with van der Waals surface area (Å²) in [6.07, 6.45) is 0.928. The number of hydrogen-bond donors (Lipinski definition) is 1. The first-order valence-electron chi connectivity index (χ1n) is 6.01. The minimum atomic E-state index is 0.754.